The van der Waals surface area contributed by atoms with Crippen molar-refractivity contribution < 1.29 is 14.7 Å². The summed E-state index contributed by atoms with van der Waals surface area (Å²) in [5.74, 6) is -1.19. The number of fused-ring (bicyclic) bond motifs is 1. The third kappa shape index (κ3) is 2.23. The molecule has 1 heterocycles. The van der Waals surface area contributed by atoms with Crippen LogP contribution in [0.4, 0.5) is 0 Å². The Morgan fingerprint density at radius 1 is 1.39 bits per heavy atom. The van der Waals surface area contributed by atoms with Gasteiger partial charge in [-0.05, 0) is 24.0 Å². The predicted octanol–water partition coefficient (Wildman–Crippen LogP) is 0.807. The van der Waals surface area contributed by atoms with Crippen molar-refractivity contribution in [3.8, 4) is 0 Å². The summed E-state index contributed by atoms with van der Waals surface area (Å²) in [5.41, 5.74) is 1.49. The van der Waals surface area contributed by atoms with E-state index >= 15 is 0 Å². The van der Waals surface area contributed by atoms with Gasteiger partial charge < -0.3 is 14.8 Å². The molecule has 0 aromatic heterocycles. The number of amides is 1. The molecule has 1 aromatic rings. The van der Waals surface area contributed by atoms with E-state index in [0.717, 1.165) is 5.56 Å². The molecule has 0 saturated heterocycles. The van der Waals surface area contributed by atoms with Crippen LogP contribution in [0.3, 0.4) is 0 Å². The molecule has 1 aliphatic heterocycles. The minimum atomic E-state index is -1.18. The van der Waals surface area contributed by atoms with Crippen molar-refractivity contribution in [2.45, 2.75) is 32.9 Å². The van der Waals surface area contributed by atoms with Crippen LogP contribution in [0.5, 0.6) is 0 Å². The summed E-state index contributed by atoms with van der Waals surface area (Å²) >= 11 is 0. The van der Waals surface area contributed by atoms with Crippen LogP contribution in [0.25, 0.3) is 0 Å². The molecule has 1 aromatic carbocycles. The SMILES string of the molecule is CC(C)C[C@@H](C(=O)[O-])N1Cc2ccccc2C1=O. The van der Waals surface area contributed by atoms with Crippen LogP contribution >= 0.6 is 0 Å². The van der Waals surface area contributed by atoms with Crippen LogP contribution in [-0.4, -0.2) is 22.8 Å². The van der Waals surface area contributed by atoms with Gasteiger partial charge in [0.15, 0.2) is 0 Å². The molecule has 0 N–H and O–H groups in total. The van der Waals surface area contributed by atoms with Crippen molar-refractivity contribution in [2.24, 2.45) is 5.92 Å². The largest absolute Gasteiger partial charge is 0.548 e. The Kier molecular flexibility index (Phi) is 3.36. The minimum Gasteiger partial charge on any atom is -0.548 e. The van der Waals surface area contributed by atoms with Gasteiger partial charge >= 0.3 is 0 Å². The van der Waals surface area contributed by atoms with E-state index in [9.17, 15) is 14.7 Å². The molecule has 1 amide bonds. The van der Waals surface area contributed by atoms with Crippen LogP contribution in [0.1, 0.15) is 36.2 Å². The number of aliphatic carboxylic acids is 1. The Morgan fingerprint density at radius 3 is 2.61 bits per heavy atom. The van der Waals surface area contributed by atoms with Crippen LogP contribution in [-0.2, 0) is 11.3 Å². The van der Waals surface area contributed by atoms with Gasteiger partial charge in [0.1, 0.15) is 0 Å². The standard InChI is InChI=1S/C14H17NO3/c1-9(2)7-12(14(17)18)15-8-10-5-3-4-6-11(10)13(15)16/h3-6,9,12H,7-8H2,1-2H3,(H,17,18)/p-1/t12-/m0/s1. The zero-order chi connectivity index (χ0) is 13.3. The first-order valence-corrected chi connectivity index (χ1v) is 6.10. The van der Waals surface area contributed by atoms with Gasteiger partial charge in [-0.25, -0.2) is 0 Å². The van der Waals surface area contributed by atoms with Gasteiger partial charge in [-0.1, -0.05) is 32.0 Å². The third-order valence-corrected chi connectivity index (χ3v) is 3.19. The number of carbonyl (C=O) groups excluding carboxylic acids is 2. The lowest BCUT2D eigenvalue weighted by atomic mass is 10.0. The van der Waals surface area contributed by atoms with E-state index in [-0.39, 0.29) is 11.8 Å². The van der Waals surface area contributed by atoms with Crippen molar-refractivity contribution >= 4 is 11.9 Å². The van der Waals surface area contributed by atoms with E-state index in [0.29, 0.717) is 18.5 Å². The summed E-state index contributed by atoms with van der Waals surface area (Å²) in [7, 11) is 0. The Balaban J connectivity index is 2.25. The average molecular weight is 246 g/mol. The van der Waals surface area contributed by atoms with Crippen molar-refractivity contribution in [2.75, 3.05) is 0 Å². The molecule has 18 heavy (non-hydrogen) atoms. The second-order valence-corrected chi connectivity index (χ2v) is 5.05. The number of nitrogens with zero attached hydrogens (tertiary/aromatic N) is 1. The Morgan fingerprint density at radius 2 is 2.06 bits per heavy atom. The van der Waals surface area contributed by atoms with Gasteiger partial charge in [0, 0.05) is 12.1 Å². The smallest absolute Gasteiger partial charge is 0.255 e. The second-order valence-electron chi connectivity index (χ2n) is 5.05. The molecule has 4 nitrogen and oxygen atoms in total. The lowest BCUT2D eigenvalue weighted by Crippen LogP contribution is -2.48. The highest BCUT2D eigenvalue weighted by molar-refractivity contribution is 6.00. The fraction of sp³-hybridized carbons (Fsp3) is 0.429. The zero-order valence-electron chi connectivity index (χ0n) is 10.6. The molecule has 0 aliphatic carbocycles. The quantitative estimate of drug-likeness (QED) is 0.789. The Bertz CT molecular complexity index is 482. The molecule has 96 valence electrons. The van der Waals surface area contributed by atoms with Crippen LogP contribution in [0.15, 0.2) is 24.3 Å². The number of carboxylic acids is 1. The normalized spacial score (nSPS) is 15.9. The van der Waals surface area contributed by atoms with Gasteiger partial charge in [0.2, 0.25) is 0 Å². The molecule has 1 aliphatic rings. The molecule has 0 saturated carbocycles. The topological polar surface area (TPSA) is 60.4 Å². The van der Waals surface area contributed by atoms with Gasteiger partial charge in [-0.15, -0.1) is 0 Å². The van der Waals surface area contributed by atoms with E-state index in [1.165, 1.54) is 4.90 Å². The molecule has 0 radical (unpaired) electrons. The summed E-state index contributed by atoms with van der Waals surface area (Å²) in [6.45, 7) is 4.23. The maximum atomic E-state index is 12.2. The summed E-state index contributed by atoms with van der Waals surface area (Å²) in [6, 6.07) is 6.39. The lowest BCUT2D eigenvalue weighted by molar-refractivity contribution is -0.311. The zero-order valence-corrected chi connectivity index (χ0v) is 10.6. The number of carboxylic acid groups (broad SMARTS) is 1. The van der Waals surface area contributed by atoms with E-state index < -0.39 is 12.0 Å². The van der Waals surface area contributed by atoms with E-state index in [4.69, 9.17) is 0 Å². The first-order chi connectivity index (χ1) is 8.50. The summed E-state index contributed by atoms with van der Waals surface area (Å²) < 4.78 is 0. The van der Waals surface area contributed by atoms with Crippen molar-refractivity contribution in [1.82, 2.24) is 4.90 Å². The number of hydrogen-bond acceptors (Lipinski definition) is 3. The molecule has 2 rings (SSSR count). The molecule has 0 fully saturated rings. The first-order valence-electron chi connectivity index (χ1n) is 6.10. The summed E-state index contributed by atoms with van der Waals surface area (Å²) in [5, 5.41) is 11.2. The highest BCUT2D eigenvalue weighted by Gasteiger charge is 2.33. The number of hydrogen-bond donors (Lipinski definition) is 0. The van der Waals surface area contributed by atoms with E-state index in [1.807, 2.05) is 26.0 Å². The van der Waals surface area contributed by atoms with Gasteiger partial charge in [-0.2, -0.15) is 0 Å². The molecule has 4 heteroatoms. The maximum absolute atomic E-state index is 12.2. The number of benzene rings is 1. The van der Waals surface area contributed by atoms with Crippen LogP contribution < -0.4 is 5.11 Å². The Hall–Kier alpha value is -1.84. The maximum Gasteiger partial charge on any atom is 0.255 e. The van der Waals surface area contributed by atoms with Gasteiger partial charge in [-0.3, -0.25) is 4.79 Å². The van der Waals surface area contributed by atoms with E-state index in [1.54, 1.807) is 12.1 Å². The first kappa shape index (κ1) is 12.6. The highest BCUT2D eigenvalue weighted by Crippen LogP contribution is 2.26. The van der Waals surface area contributed by atoms with Crippen molar-refractivity contribution in [3.63, 3.8) is 0 Å². The fourth-order valence-corrected chi connectivity index (χ4v) is 2.33. The average Bonchev–Trinajstić information content (AvgIpc) is 2.64. The molecular formula is C14H16NO3-. The summed E-state index contributed by atoms with van der Waals surface area (Å²) in [6.07, 6.45) is 0.419. The molecule has 0 bridgehead atoms. The third-order valence-electron chi connectivity index (χ3n) is 3.19. The van der Waals surface area contributed by atoms with Crippen molar-refractivity contribution in [3.05, 3.63) is 35.4 Å². The monoisotopic (exact) mass is 246 g/mol. The minimum absolute atomic E-state index is 0.199. The second kappa shape index (κ2) is 4.80. The highest BCUT2D eigenvalue weighted by atomic mass is 16.4. The lowest BCUT2D eigenvalue weighted by Gasteiger charge is -2.29. The molecule has 0 spiro atoms. The van der Waals surface area contributed by atoms with Crippen LogP contribution in [0, 0.1) is 5.92 Å². The van der Waals surface area contributed by atoms with Crippen molar-refractivity contribution in [1.29, 1.82) is 0 Å². The molecular weight excluding hydrogens is 230 g/mol. The molecule has 0 unspecified atom stereocenters. The predicted molar refractivity (Wildman–Crippen MR) is 64.6 cm³/mol. The van der Waals surface area contributed by atoms with Gasteiger partial charge in [0.25, 0.3) is 5.91 Å². The van der Waals surface area contributed by atoms with Crippen LogP contribution in [0.2, 0.25) is 0 Å². The fourth-order valence-electron chi connectivity index (χ4n) is 2.33. The van der Waals surface area contributed by atoms with Gasteiger partial charge in [0.05, 0.1) is 12.0 Å². The van der Waals surface area contributed by atoms with E-state index in [2.05, 4.69) is 0 Å². The summed E-state index contributed by atoms with van der Waals surface area (Å²) in [4.78, 5) is 24.8. The number of carbonyl (C=O) groups is 2. The molecule has 1 atom stereocenters. The Labute approximate surface area is 106 Å². The number of rotatable bonds is 4.